The van der Waals surface area contributed by atoms with Gasteiger partial charge in [-0.3, -0.25) is 4.79 Å². The van der Waals surface area contributed by atoms with Crippen molar-refractivity contribution in [3.63, 3.8) is 0 Å². The van der Waals surface area contributed by atoms with Gasteiger partial charge in [0.1, 0.15) is 6.07 Å². The molecule has 1 aromatic heterocycles. The Morgan fingerprint density at radius 2 is 1.84 bits per heavy atom. The first kappa shape index (κ1) is 26.0. The maximum atomic E-state index is 12.7. The standard InChI is InChI=1S/C29H25IN4O3/c1-3-36-27-18-21(17-25(30)28(27)37-16-15-31)19-32-33-29(35)23-10-12-24(13-11-23)34-20(2)9-14-26(34)22-7-5-4-6-8-22/h4-14,17-19H,3,16H2,1-2H3,(H,33,35)/b32-19+. The van der Waals surface area contributed by atoms with Crippen molar-refractivity contribution in [2.24, 2.45) is 5.10 Å². The molecule has 0 aliphatic heterocycles. The van der Waals surface area contributed by atoms with Crippen LogP contribution in [-0.4, -0.2) is 29.9 Å². The van der Waals surface area contributed by atoms with Crippen LogP contribution in [0, 0.1) is 21.8 Å². The van der Waals surface area contributed by atoms with Crippen molar-refractivity contribution in [3.05, 3.63) is 99.3 Å². The van der Waals surface area contributed by atoms with Gasteiger partial charge in [0.05, 0.1) is 22.1 Å². The Morgan fingerprint density at radius 1 is 1.08 bits per heavy atom. The molecule has 0 saturated carbocycles. The quantitative estimate of drug-likeness (QED) is 0.142. The monoisotopic (exact) mass is 604 g/mol. The Balaban J connectivity index is 1.47. The lowest BCUT2D eigenvalue weighted by molar-refractivity contribution is 0.0955. The molecule has 4 rings (SSSR count). The Labute approximate surface area is 229 Å². The van der Waals surface area contributed by atoms with E-state index in [0.717, 1.165) is 31.8 Å². The lowest BCUT2D eigenvalue weighted by atomic mass is 10.1. The molecule has 7 nitrogen and oxygen atoms in total. The third-order valence-electron chi connectivity index (χ3n) is 5.53. The molecule has 186 valence electrons. The molecule has 1 heterocycles. The van der Waals surface area contributed by atoms with Gasteiger partial charge in [-0.2, -0.15) is 10.4 Å². The number of amides is 1. The van der Waals surface area contributed by atoms with Crippen LogP contribution in [0.1, 0.15) is 28.5 Å². The number of carbonyl (C=O) groups is 1. The van der Waals surface area contributed by atoms with Crippen molar-refractivity contribution in [1.29, 1.82) is 5.26 Å². The lowest BCUT2D eigenvalue weighted by Crippen LogP contribution is -2.17. The van der Waals surface area contributed by atoms with E-state index in [1.807, 2.05) is 49.4 Å². The van der Waals surface area contributed by atoms with Crippen molar-refractivity contribution in [2.45, 2.75) is 13.8 Å². The normalized spacial score (nSPS) is 10.8. The Morgan fingerprint density at radius 3 is 2.54 bits per heavy atom. The van der Waals surface area contributed by atoms with Crippen LogP contribution in [0.15, 0.2) is 84.0 Å². The highest BCUT2D eigenvalue weighted by atomic mass is 127. The SMILES string of the molecule is CCOc1cc(/C=N/NC(=O)c2ccc(-n3c(C)ccc3-c3ccccc3)cc2)cc(I)c1OCC#N. The summed E-state index contributed by atoms with van der Waals surface area (Å²) in [6.07, 6.45) is 1.54. The van der Waals surface area contributed by atoms with Crippen LogP contribution >= 0.6 is 22.6 Å². The summed E-state index contributed by atoms with van der Waals surface area (Å²) in [4.78, 5) is 12.7. The number of nitrogens with zero attached hydrogens (tertiary/aromatic N) is 3. The van der Waals surface area contributed by atoms with Crippen molar-refractivity contribution >= 4 is 34.7 Å². The molecule has 0 atom stereocenters. The maximum absolute atomic E-state index is 12.7. The first-order valence-electron chi connectivity index (χ1n) is 11.7. The van der Waals surface area contributed by atoms with Gasteiger partial charge in [-0.1, -0.05) is 30.3 Å². The smallest absolute Gasteiger partial charge is 0.271 e. The van der Waals surface area contributed by atoms with E-state index in [0.29, 0.717) is 23.7 Å². The first-order chi connectivity index (χ1) is 18.0. The number of nitriles is 1. The molecule has 4 aromatic rings. The minimum Gasteiger partial charge on any atom is -0.490 e. The Hall–Kier alpha value is -4.10. The molecule has 37 heavy (non-hydrogen) atoms. The fraction of sp³-hybridized carbons (Fsp3) is 0.138. The molecule has 0 unspecified atom stereocenters. The molecular weight excluding hydrogens is 579 g/mol. The number of halogens is 1. The number of rotatable bonds is 9. The number of aromatic nitrogens is 1. The number of hydrazone groups is 1. The zero-order valence-corrected chi connectivity index (χ0v) is 22.6. The second-order valence-electron chi connectivity index (χ2n) is 8.02. The van der Waals surface area contributed by atoms with Crippen LogP contribution in [0.5, 0.6) is 11.5 Å². The summed E-state index contributed by atoms with van der Waals surface area (Å²) in [5.41, 5.74) is 8.08. The van der Waals surface area contributed by atoms with Gasteiger partial charge in [0.15, 0.2) is 18.1 Å². The molecule has 0 saturated heterocycles. The van der Waals surface area contributed by atoms with Crippen LogP contribution < -0.4 is 14.9 Å². The highest BCUT2D eigenvalue weighted by molar-refractivity contribution is 14.1. The van der Waals surface area contributed by atoms with Crippen LogP contribution in [0.25, 0.3) is 16.9 Å². The number of hydrogen-bond acceptors (Lipinski definition) is 5. The number of hydrogen-bond donors (Lipinski definition) is 1. The number of benzene rings is 3. The molecule has 0 bridgehead atoms. The zero-order valence-electron chi connectivity index (χ0n) is 20.4. The van der Waals surface area contributed by atoms with Crippen LogP contribution in [-0.2, 0) is 0 Å². The summed E-state index contributed by atoms with van der Waals surface area (Å²) in [5, 5.41) is 12.9. The number of aryl methyl sites for hydroxylation is 1. The topological polar surface area (TPSA) is 88.6 Å². The highest BCUT2D eigenvalue weighted by Gasteiger charge is 2.13. The predicted molar refractivity (Wildman–Crippen MR) is 152 cm³/mol. The first-order valence-corrected chi connectivity index (χ1v) is 12.7. The molecule has 1 N–H and O–H groups in total. The van der Waals surface area contributed by atoms with Gasteiger partial charge in [-0.05, 0) is 96.1 Å². The van der Waals surface area contributed by atoms with E-state index in [9.17, 15) is 4.79 Å². The Kier molecular flexibility index (Phi) is 8.59. The van der Waals surface area contributed by atoms with Gasteiger partial charge < -0.3 is 14.0 Å². The van der Waals surface area contributed by atoms with Crippen LogP contribution in [0.3, 0.4) is 0 Å². The molecule has 8 heteroatoms. The lowest BCUT2D eigenvalue weighted by Gasteiger charge is -2.13. The van der Waals surface area contributed by atoms with E-state index in [4.69, 9.17) is 14.7 Å². The van der Waals surface area contributed by atoms with Gasteiger partial charge in [-0.25, -0.2) is 5.43 Å². The van der Waals surface area contributed by atoms with Crippen molar-refractivity contribution < 1.29 is 14.3 Å². The second-order valence-corrected chi connectivity index (χ2v) is 9.18. The molecule has 0 fully saturated rings. The number of nitrogens with one attached hydrogen (secondary N) is 1. The number of carbonyl (C=O) groups excluding carboxylic acids is 1. The molecule has 0 aliphatic carbocycles. The number of ether oxygens (including phenoxy) is 2. The summed E-state index contributed by atoms with van der Waals surface area (Å²) in [7, 11) is 0. The molecule has 0 spiro atoms. The fourth-order valence-electron chi connectivity index (χ4n) is 3.88. The van der Waals surface area contributed by atoms with E-state index < -0.39 is 0 Å². The molecule has 0 aliphatic rings. The predicted octanol–water partition coefficient (Wildman–Crippen LogP) is 6.12. The summed E-state index contributed by atoms with van der Waals surface area (Å²) in [6.45, 7) is 4.30. The second kappa shape index (κ2) is 12.2. The van der Waals surface area contributed by atoms with E-state index in [1.54, 1.807) is 24.4 Å². The maximum Gasteiger partial charge on any atom is 0.271 e. The third kappa shape index (κ3) is 6.19. The average molecular weight is 604 g/mol. The summed E-state index contributed by atoms with van der Waals surface area (Å²) < 4.78 is 14.1. The third-order valence-corrected chi connectivity index (χ3v) is 6.33. The molecule has 0 radical (unpaired) electrons. The molecule has 3 aromatic carbocycles. The van der Waals surface area contributed by atoms with Crippen molar-refractivity contribution in [2.75, 3.05) is 13.2 Å². The minimum atomic E-state index is -0.316. The summed E-state index contributed by atoms with van der Waals surface area (Å²) >= 11 is 2.12. The van der Waals surface area contributed by atoms with Crippen LogP contribution in [0.2, 0.25) is 0 Å². The largest absolute Gasteiger partial charge is 0.490 e. The van der Waals surface area contributed by atoms with Gasteiger partial charge >= 0.3 is 0 Å². The van der Waals surface area contributed by atoms with E-state index in [-0.39, 0.29) is 12.5 Å². The minimum absolute atomic E-state index is 0.0736. The zero-order chi connectivity index (χ0) is 26.2. The highest BCUT2D eigenvalue weighted by Crippen LogP contribution is 2.34. The van der Waals surface area contributed by atoms with Crippen LogP contribution in [0.4, 0.5) is 0 Å². The summed E-state index contributed by atoms with van der Waals surface area (Å²) in [6, 6.07) is 27.3. The van der Waals surface area contributed by atoms with Crippen molar-refractivity contribution in [1.82, 2.24) is 9.99 Å². The van der Waals surface area contributed by atoms with Gasteiger partial charge in [-0.15, -0.1) is 0 Å². The van der Waals surface area contributed by atoms with Gasteiger partial charge in [0.2, 0.25) is 0 Å². The Bertz CT molecular complexity index is 1460. The van der Waals surface area contributed by atoms with E-state index >= 15 is 0 Å². The molecular formula is C29H25IN4O3. The average Bonchev–Trinajstić information content (AvgIpc) is 3.30. The van der Waals surface area contributed by atoms with Crippen molar-refractivity contribution in [3.8, 4) is 34.5 Å². The van der Waals surface area contributed by atoms with Gasteiger partial charge in [0, 0.05) is 16.9 Å². The van der Waals surface area contributed by atoms with E-state index in [2.05, 4.69) is 68.9 Å². The van der Waals surface area contributed by atoms with Gasteiger partial charge in [0.25, 0.3) is 5.91 Å². The molecule has 1 amide bonds. The summed E-state index contributed by atoms with van der Waals surface area (Å²) in [5.74, 6) is 0.714. The van der Waals surface area contributed by atoms with E-state index in [1.165, 1.54) is 0 Å². The fourth-order valence-corrected chi connectivity index (χ4v) is 4.66.